The Kier molecular flexibility index (Phi) is 4.42. The van der Waals surface area contributed by atoms with E-state index in [1.807, 2.05) is 0 Å². The number of carbonyl (C=O) groups excluding carboxylic acids is 1. The Morgan fingerprint density at radius 2 is 2.05 bits per heavy atom. The molecule has 1 saturated carbocycles. The Morgan fingerprint density at radius 3 is 2.63 bits per heavy atom. The van der Waals surface area contributed by atoms with Crippen LogP contribution in [0.25, 0.3) is 0 Å². The first-order valence-electron chi connectivity index (χ1n) is 6.55. The lowest BCUT2D eigenvalue weighted by Gasteiger charge is -2.34. The van der Waals surface area contributed by atoms with Gasteiger partial charge in [0.05, 0.1) is 16.1 Å². The fraction of sp³-hybridized carbons (Fsp3) is 0.500. The summed E-state index contributed by atoms with van der Waals surface area (Å²) in [5.41, 5.74) is 5.25. The molecule has 104 valence electrons. The second kappa shape index (κ2) is 5.88. The number of para-hydroxylation sites is 1. The van der Waals surface area contributed by atoms with Crippen molar-refractivity contribution < 1.29 is 9.18 Å². The second-order valence-corrected chi connectivity index (χ2v) is 5.50. The van der Waals surface area contributed by atoms with Crippen molar-refractivity contribution in [2.45, 2.75) is 32.1 Å². The molecule has 0 aromatic heterocycles. The lowest BCUT2D eigenvalue weighted by Crippen LogP contribution is -2.44. The molecular formula is C14H18ClFN2O. The molecule has 0 spiro atoms. The second-order valence-electron chi connectivity index (χ2n) is 5.10. The Bertz CT molecular complexity index is 452. The Hall–Kier alpha value is -1.13. The molecule has 3 N–H and O–H groups in total. The Labute approximate surface area is 117 Å². The molecule has 0 aliphatic heterocycles. The van der Waals surface area contributed by atoms with Crippen LogP contribution in [-0.4, -0.2) is 12.5 Å². The topological polar surface area (TPSA) is 55.1 Å². The van der Waals surface area contributed by atoms with Crippen molar-refractivity contribution in [1.82, 2.24) is 0 Å². The lowest BCUT2D eigenvalue weighted by atomic mass is 9.73. The average Bonchev–Trinajstić information content (AvgIpc) is 2.43. The molecule has 3 nitrogen and oxygen atoms in total. The van der Waals surface area contributed by atoms with Crippen LogP contribution in [0.15, 0.2) is 18.2 Å². The average molecular weight is 285 g/mol. The van der Waals surface area contributed by atoms with Crippen molar-refractivity contribution in [1.29, 1.82) is 0 Å². The zero-order valence-electron chi connectivity index (χ0n) is 10.7. The SMILES string of the molecule is NCC1(C(=O)Nc2c(F)cccc2Cl)CCCCC1. The predicted octanol–water partition coefficient (Wildman–Crippen LogP) is 3.33. The Balaban J connectivity index is 2.20. The number of hydrogen-bond donors (Lipinski definition) is 2. The van der Waals surface area contributed by atoms with Crippen molar-refractivity contribution >= 4 is 23.2 Å². The number of rotatable bonds is 3. The molecule has 1 aliphatic rings. The molecule has 5 heteroatoms. The van der Waals surface area contributed by atoms with Crippen LogP contribution < -0.4 is 11.1 Å². The highest BCUT2D eigenvalue weighted by Crippen LogP contribution is 2.37. The Morgan fingerprint density at radius 1 is 1.37 bits per heavy atom. The standard InChI is InChI=1S/C14H18ClFN2O/c15-10-5-4-6-11(16)12(10)18-13(19)14(9-17)7-2-1-3-8-14/h4-6H,1-3,7-9,17H2,(H,18,19). The summed E-state index contributed by atoms with van der Waals surface area (Å²) in [6, 6.07) is 4.33. The van der Waals surface area contributed by atoms with Crippen molar-refractivity contribution in [2.24, 2.45) is 11.1 Å². The highest BCUT2D eigenvalue weighted by Gasteiger charge is 2.38. The van der Waals surface area contributed by atoms with Crippen molar-refractivity contribution in [3.8, 4) is 0 Å². The minimum Gasteiger partial charge on any atom is -0.329 e. The molecule has 19 heavy (non-hydrogen) atoms. The van der Waals surface area contributed by atoms with Gasteiger partial charge < -0.3 is 11.1 Å². The van der Waals surface area contributed by atoms with Gasteiger partial charge in [0, 0.05) is 6.54 Å². The van der Waals surface area contributed by atoms with E-state index in [1.54, 1.807) is 6.07 Å². The first kappa shape index (κ1) is 14.3. The molecule has 1 aromatic rings. The summed E-state index contributed by atoms with van der Waals surface area (Å²) in [5, 5.41) is 2.82. The molecule has 0 saturated heterocycles. The molecule has 0 bridgehead atoms. The van der Waals surface area contributed by atoms with Crippen LogP contribution in [0, 0.1) is 11.2 Å². The van der Waals surface area contributed by atoms with E-state index in [1.165, 1.54) is 12.1 Å². The summed E-state index contributed by atoms with van der Waals surface area (Å²) >= 11 is 5.92. The molecule has 0 unspecified atom stereocenters. The molecular weight excluding hydrogens is 267 g/mol. The number of benzene rings is 1. The van der Waals surface area contributed by atoms with Gasteiger partial charge >= 0.3 is 0 Å². The molecule has 1 aliphatic carbocycles. The number of halogens is 2. The summed E-state index contributed by atoms with van der Waals surface area (Å²) in [5.74, 6) is -0.745. The van der Waals surface area contributed by atoms with Gasteiger partial charge in [0.15, 0.2) is 0 Å². The number of amides is 1. The first-order chi connectivity index (χ1) is 9.09. The smallest absolute Gasteiger partial charge is 0.231 e. The van der Waals surface area contributed by atoms with E-state index in [2.05, 4.69) is 5.32 Å². The maximum atomic E-state index is 13.7. The highest BCUT2D eigenvalue weighted by atomic mass is 35.5. The normalized spacial score (nSPS) is 18.1. The summed E-state index contributed by atoms with van der Waals surface area (Å²) in [6.07, 6.45) is 4.59. The molecule has 0 radical (unpaired) electrons. The van der Waals surface area contributed by atoms with E-state index >= 15 is 0 Å². The van der Waals surface area contributed by atoms with Crippen LogP contribution in [0.4, 0.5) is 10.1 Å². The minimum absolute atomic E-state index is 0.0487. The van der Waals surface area contributed by atoms with Gasteiger partial charge in [-0.15, -0.1) is 0 Å². The largest absolute Gasteiger partial charge is 0.329 e. The van der Waals surface area contributed by atoms with Gasteiger partial charge in [-0.05, 0) is 25.0 Å². The van der Waals surface area contributed by atoms with Crippen LogP contribution in [0.1, 0.15) is 32.1 Å². The van der Waals surface area contributed by atoms with Crippen LogP contribution in [0.3, 0.4) is 0 Å². The summed E-state index contributed by atoms with van der Waals surface area (Å²) in [7, 11) is 0. The van der Waals surface area contributed by atoms with Crippen LogP contribution >= 0.6 is 11.6 Å². The number of anilines is 1. The van der Waals surface area contributed by atoms with E-state index in [-0.39, 0.29) is 23.2 Å². The van der Waals surface area contributed by atoms with Crippen molar-refractivity contribution in [2.75, 3.05) is 11.9 Å². The first-order valence-corrected chi connectivity index (χ1v) is 6.92. The van der Waals surface area contributed by atoms with Gasteiger partial charge in [-0.2, -0.15) is 0 Å². The monoisotopic (exact) mass is 284 g/mol. The summed E-state index contributed by atoms with van der Waals surface area (Å²) in [6.45, 7) is 0.283. The van der Waals surface area contributed by atoms with Crippen LogP contribution in [-0.2, 0) is 4.79 Å². The number of nitrogens with two attached hydrogens (primary N) is 1. The molecule has 2 rings (SSSR count). The third-order valence-electron chi connectivity index (χ3n) is 3.88. The predicted molar refractivity (Wildman–Crippen MR) is 74.6 cm³/mol. The summed E-state index contributed by atoms with van der Waals surface area (Å²) in [4.78, 5) is 12.4. The number of carbonyl (C=O) groups is 1. The third kappa shape index (κ3) is 2.90. The minimum atomic E-state index is -0.580. The van der Waals surface area contributed by atoms with Gasteiger partial charge in [-0.1, -0.05) is 36.9 Å². The van der Waals surface area contributed by atoms with Crippen molar-refractivity contribution in [3.63, 3.8) is 0 Å². The van der Waals surface area contributed by atoms with Crippen LogP contribution in [0.5, 0.6) is 0 Å². The summed E-state index contributed by atoms with van der Waals surface area (Å²) < 4.78 is 13.7. The molecule has 1 fully saturated rings. The van der Waals surface area contributed by atoms with Gasteiger partial charge in [0.25, 0.3) is 0 Å². The van der Waals surface area contributed by atoms with Gasteiger partial charge in [-0.25, -0.2) is 4.39 Å². The third-order valence-corrected chi connectivity index (χ3v) is 4.20. The zero-order valence-corrected chi connectivity index (χ0v) is 11.5. The molecule has 0 atom stereocenters. The van der Waals surface area contributed by atoms with Gasteiger partial charge in [0.1, 0.15) is 5.82 Å². The van der Waals surface area contributed by atoms with E-state index in [0.29, 0.717) is 0 Å². The maximum absolute atomic E-state index is 13.7. The van der Waals surface area contributed by atoms with Gasteiger partial charge in [0.2, 0.25) is 5.91 Å². The fourth-order valence-corrected chi connectivity index (χ4v) is 2.83. The zero-order chi connectivity index (χ0) is 13.9. The highest BCUT2D eigenvalue weighted by molar-refractivity contribution is 6.33. The van der Waals surface area contributed by atoms with E-state index in [4.69, 9.17) is 17.3 Å². The molecule has 1 amide bonds. The number of hydrogen-bond acceptors (Lipinski definition) is 2. The van der Waals surface area contributed by atoms with E-state index < -0.39 is 11.2 Å². The van der Waals surface area contributed by atoms with E-state index in [0.717, 1.165) is 32.1 Å². The molecule has 0 heterocycles. The quantitative estimate of drug-likeness (QED) is 0.894. The van der Waals surface area contributed by atoms with Gasteiger partial charge in [-0.3, -0.25) is 4.79 Å². The van der Waals surface area contributed by atoms with Crippen molar-refractivity contribution in [3.05, 3.63) is 29.0 Å². The number of nitrogens with one attached hydrogen (secondary N) is 1. The van der Waals surface area contributed by atoms with E-state index in [9.17, 15) is 9.18 Å². The van der Waals surface area contributed by atoms with Crippen LogP contribution in [0.2, 0.25) is 5.02 Å². The fourth-order valence-electron chi connectivity index (χ4n) is 2.62. The maximum Gasteiger partial charge on any atom is 0.231 e. The molecule has 1 aromatic carbocycles. The lowest BCUT2D eigenvalue weighted by molar-refractivity contribution is -0.126.